The average molecular weight is 220 g/mol. The topological polar surface area (TPSA) is 35.5 Å². The molecule has 1 aliphatic carbocycles. The minimum Gasteiger partial charge on any atom is -0.493 e. The van der Waals surface area contributed by atoms with Crippen LogP contribution in [0, 0.1) is 6.92 Å². The van der Waals surface area contributed by atoms with Crippen LogP contribution in [0.15, 0.2) is 18.2 Å². The molecule has 1 aromatic carbocycles. The first-order valence-electron chi connectivity index (χ1n) is 5.52. The smallest absolute Gasteiger partial charge is 0.161 e. The van der Waals surface area contributed by atoms with Crippen LogP contribution in [0.5, 0.6) is 11.5 Å². The summed E-state index contributed by atoms with van der Waals surface area (Å²) in [6.45, 7) is 2.01. The lowest BCUT2D eigenvalue weighted by atomic mass is 10.2. The molecule has 0 radical (unpaired) electrons. The highest BCUT2D eigenvalue weighted by atomic mass is 16.5. The molecule has 0 spiro atoms. The Morgan fingerprint density at radius 1 is 1.31 bits per heavy atom. The molecule has 0 saturated heterocycles. The molecule has 0 aromatic heterocycles. The Labute approximate surface area is 95.4 Å². The Bertz CT molecular complexity index is 398. The van der Waals surface area contributed by atoms with Gasteiger partial charge in [-0.2, -0.15) is 0 Å². The summed E-state index contributed by atoms with van der Waals surface area (Å²) in [5, 5.41) is 0. The van der Waals surface area contributed by atoms with Crippen molar-refractivity contribution in [2.45, 2.75) is 32.3 Å². The second-order valence-corrected chi connectivity index (χ2v) is 4.18. The van der Waals surface area contributed by atoms with Crippen LogP contribution < -0.4 is 9.47 Å². The molecular weight excluding hydrogens is 204 g/mol. The molecule has 0 aliphatic heterocycles. The Kier molecular flexibility index (Phi) is 3.13. The largest absolute Gasteiger partial charge is 0.493 e. The summed E-state index contributed by atoms with van der Waals surface area (Å²) in [6, 6.07) is 5.82. The minimum absolute atomic E-state index is 0.0177. The number of hydrogen-bond donors (Lipinski definition) is 0. The number of rotatable bonds is 3. The number of benzene rings is 1. The van der Waals surface area contributed by atoms with Crippen molar-refractivity contribution in [1.82, 2.24) is 0 Å². The molecular formula is C13H16O3. The second kappa shape index (κ2) is 4.56. The van der Waals surface area contributed by atoms with Crippen LogP contribution in [-0.2, 0) is 4.79 Å². The normalized spacial score (nSPS) is 19.9. The van der Waals surface area contributed by atoms with Crippen molar-refractivity contribution in [2.24, 2.45) is 0 Å². The molecule has 0 heterocycles. The standard InChI is InChI=1S/C13H16O3/c1-9-3-6-12(13(7-9)15-2)16-11-5-4-10(14)8-11/h3,6-7,11H,4-5,8H2,1-2H3. The predicted octanol–water partition coefficient (Wildman–Crippen LogP) is 2.50. The zero-order valence-corrected chi connectivity index (χ0v) is 9.66. The molecule has 0 amide bonds. The molecule has 2 rings (SSSR count). The molecule has 1 saturated carbocycles. The van der Waals surface area contributed by atoms with E-state index in [-0.39, 0.29) is 11.9 Å². The van der Waals surface area contributed by atoms with Gasteiger partial charge in [0.25, 0.3) is 0 Å². The summed E-state index contributed by atoms with van der Waals surface area (Å²) in [5.41, 5.74) is 1.13. The van der Waals surface area contributed by atoms with E-state index in [1.54, 1.807) is 7.11 Å². The fraction of sp³-hybridized carbons (Fsp3) is 0.462. The van der Waals surface area contributed by atoms with Gasteiger partial charge in [-0.3, -0.25) is 4.79 Å². The number of ether oxygens (including phenoxy) is 2. The number of aryl methyl sites for hydroxylation is 1. The fourth-order valence-corrected chi connectivity index (χ4v) is 1.93. The average Bonchev–Trinajstić information content (AvgIpc) is 2.67. The monoisotopic (exact) mass is 220 g/mol. The zero-order chi connectivity index (χ0) is 11.5. The van der Waals surface area contributed by atoms with Gasteiger partial charge in [-0.05, 0) is 31.0 Å². The van der Waals surface area contributed by atoms with Crippen LogP contribution in [0.25, 0.3) is 0 Å². The maximum absolute atomic E-state index is 11.1. The molecule has 1 fully saturated rings. The summed E-state index contributed by atoms with van der Waals surface area (Å²) in [6.07, 6.45) is 2.00. The molecule has 3 heteroatoms. The summed E-state index contributed by atoms with van der Waals surface area (Å²) in [5.74, 6) is 1.75. The van der Waals surface area contributed by atoms with Crippen molar-refractivity contribution in [2.75, 3.05) is 7.11 Å². The number of carbonyl (C=O) groups excluding carboxylic acids is 1. The third kappa shape index (κ3) is 2.35. The molecule has 1 unspecified atom stereocenters. The first kappa shape index (κ1) is 11.0. The van der Waals surface area contributed by atoms with Crippen molar-refractivity contribution in [3.63, 3.8) is 0 Å². The SMILES string of the molecule is COc1cc(C)ccc1OC1CCC(=O)C1. The van der Waals surface area contributed by atoms with Gasteiger partial charge < -0.3 is 9.47 Å². The van der Waals surface area contributed by atoms with E-state index in [9.17, 15) is 4.79 Å². The van der Waals surface area contributed by atoms with E-state index in [0.717, 1.165) is 23.5 Å². The number of Topliss-reactive ketones (excluding diaryl/α,β-unsaturated/α-hetero) is 1. The van der Waals surface area contributed by atoms with Crippen LogP contribution in [0.1, 0.15) is 24.8 Å². The van der Waals surface area contributed by atoms with E-state index in [2.05, 4.69) is 0 Å². The first-order chi connectivity index (χ1) is 7.69. The second-order valence-electron chi connectivity index (χ2n) is 4.18. The van der Waals surface area contributed by atoms with Gasteiger partial charge >= 0.3 is 0 Å². The van der Waals surface area contributed by atoms with Gasteiger partial charge in [0.1, 0.15) is 11.9 Å². The molecule has 3 nitrogen and oxygen atoms in total. The Morgan fingerprint density at radius 3 is 2.75 bits per heavy atom. The molecule has 1 aliphatic rings. The quantitative estimate of drug-likeness (QED) is 0.785. The van der Waals surface area contributed by atoms with E-state index in [4.69, 9.17) is 9.47 Å². The van der Waals surface area contributed by atoms with Crippen molar-refractivity contribution < 1.29 is 14.3 Å². The molecule has 16 heavy (non-hydrogen) atoms. The zero-order valence-electron chi connectivity index (χ0n) is 9.66. The van der Waals surface area contributed by atoms with Crippen LogP contribution in [0.3, 0.4) is 0 Å². The van der Waals surface area contributed by atoms with Crippen molar-refractivity contribution in [3.05, 3.63) is 23.8 Å². The summed E-state index contributed by atoms with van der Waals surface area (Å²) >= 11 is 0. The van der Waals surface area contributed by atoms with Gasteiger partial charge in [0.2, 0.25) is 0 Å². The van der Waals surface area contributed by atoms with E-state index in [1.807, 2.05) is 25.1 Å². The van der Waals surface area contributed by atoms with E-state index < -0.39 is 0 Å². The molecule has 86 valence electrons. The molecule has 1 aromatic rings. The maximum atomic E-state index is 11.1. The fourth-order valence-electron chi connectivity index (χ4n) is 1.93. The number of ketones is 1. The third-order valence-corrected chi connectivity index (χ3v) is 2.81. The van der Waals surface area contributed by atoms with Gasteiger partial charge in [0, 0.05) is 12.8 Å². The highest BCUT2D eigenvalue weighted by Gasteiger charge is 2.24. The van der Waals surface area contributed by atoms with Crippen LogP contribution in [-0.4, -0.2) is 19.0 Å². The summed E-state index contributed by atoms with van der Waals surface area (Å²) < 4.78 is 11.0. The van der Waals surface area contributed by atoms with Crippen molar-refractivity contribution >= 4 is 5.78 Å². The van der Waals surface area contributed by atoms with E-state index in [1.165, 1.54) is 0 Å². The minimum atomic E-state index is 0.0177. The Morgan fingerprint density at radius 2 is 2.12 bits per heavy atom. The summed E-state index contributed by atoms with van der Waals surface area (Å²) in [7, 11) is 1.63. The number of methoxy groups -OCH3 is 1. The van der Waals surface area contributed by atoms with Crippen molar-refractivity contribution in [1.29, 1.82) is 0 Å². The van der Waals surface area contributed by atoms with Crippen LogP contribution in [0.4, 0.5) is 0 Å². The number of carbonyl (C=O) groups is 1. The van der Waals surface area contributed by atoms with E-state index >= 15 is 0 Å². The lowest BCUT2D eigenvalue weighted by molar-refractivity contribution is -0.117. The molecule has 0 N–H and O–H groups in total. The number of hydrogen-bond acceptors (Lipinski definition) is 3. The maximum Gasteiger partial charge on any atom is 0.161 e. The predicted molar refractivity (Wildman–Crippen MR) is 61.0 cm³/mol. The third-order valence-electron chi connectivity index (χ3n) is 2.81. The van der Waals surface area contributed by atoms with Gasteiger partial charge in [-0.15, -0.1) is 0 Å². The molecule has 0 bridgehead atoms. The van der Waals surface area contributed by atoms with Gasteiger partial charge in [0.05, 0.1) is 7.11 Å². The summed E-state index contributed by atoms with van der Waals surface area (Å²) in [4.78, 5) is 11.1. The van der Waals surface area contributed by atoms with Crippen LogP contribution in [0.2, 0.25) is 0 Å². The van der Waals surface area contributed by atoms with Crippen molar-refractivity contribution in [3.8, 4) is 11.5 Å². The Balaban J connectivity index is 2.11. The van der Waals surface area contributed by atoms with Gasteiger partial charge in [-0.1, -0.05) is 6.07 Å². The lowest BCUT2D eigenvalue weighted by Crippen LogP contribution is -2.12. The highest BCUT2D eigenvalue weighted by Crippen LogP contribution is 2.31. The highest BCUT2D eigenvalue weighted by molar-refractivity contribution is 5.81. The Hall–Kier alpha value is -1.51. The first-order valence-corrected chi connectivity index (χ1v) is 5.52. The lowest BCUT2D eigenvalue weighted by Gasteiger charge is -2.15. The van der Waals surface area contributed by atoms with Gasteiger partial charge in [-0.25, -0.2) is 0 Å². The van der Waals surface area contributed by atoms with E-state index in [0.29, 0.717) is 12.8 Å². The van der Waals surface area contributed by atoms with Gasteiger partial charge in [0.15, 0.2) is 11.5 Å². The molecule has 1 atom stereocenters. The van der Waals surface area contributed by atoms with Crippen LogP contribution >= 0.6 is 0 Å².